The van der Waals surface area contributed by atoms with E-state index in [1.807, 2.05) is 109 Å². The van der Waals surface area contributed by atoms with E-state index in [4.69, 9.17) is 83.1 Å². The number of unbranched alkanes of at least 4 members (excludes halogenated alkanes) is 8. The smallest absolute Gasteiger partial charge is 0.186 e. The molecule has 0 aromatic heterocycles. The van der Waals surface area contributed by atoms with Gasteiger partial charge in [-0.25, -0.2) is 0 Å². The molecule has 1 aliphatic heterocycles. The highest BCUT2D eigenvalue weighted by molar-refractivity contribution is 5.15. The van der Waals surface area contributed by atoms with Crippen LogP contribution in [0.2, 0.25) is 0 Å². The van der Waals surface area contributed by atoms with Gasteiger partial charge in [0.2, 0.25) is 0 Å². The first kappa shape index (κ1) is 101. The van der Waals surface area contributed by atoms with Gasteiger partial charge in [-0.15, -0.1) is 52.6 Å². The SMILES string of the molecule is C=C1CC(C)C1.C=CCC.C=CCCCCCCCCO.C=CCCCCO.C=CCCO.C=CCO.C=CCOCC(CO)OCc1ccccc1.C=CCOCCO.C=CCOCCOCCO.CO[C@H]1O[C@H](CO)[C@@H](OCc2ccccc2)[C@H](OCc2ccccc2)[C@@H]1OC. The van der Waals surface area contributed by atoms with E-state index in [1.54, 1.807) is 38.5 Å². The second-order valence-electron chi connectivity index (χ2n) is 21.6. The van der Waals surface area contributed by atoms with Gasteiger partial charge in [0.25, 0.3) is 0 Å². The number of benzene rings is 3. The first-order chi connectivity index (χ1) is 47.8. The second kappa shape index (κ2) is 85.8. The lowest BCUT2D eigenvalue weighted by Gasteiger charge is -2.44. The average molecular weight is 1380 g/mol. The first-order valence-corrected chi connectivity index (χ1v) is 34.2. The van der Waals surface area contributed by atoms with Gasteiger partial charge >= 0.3 is 0 Å². The van der Waals surface area contributed by atoms with Gasteiger partial charge in [0.05, 0.1) is 106 Å². The molecular weight excluding hydrogens is 1250 g/mol. The number of allylic oxidation sites excluding steroid dienone is 4. The van der Waals surface area contributed by atoms with Crippen LogP contribution in [0.1, 0.15) is 120 Å². The van der Waals surface area contributed by atoms with Gasteiger partial charge in [-0.2, -0.15) is 0 Å². The van der Waals surface area contributed by atoms with E-state index in [2.05, 4.69) is 73.1 Å². The molecule has 98 heavy (non-hydrogen) atoms. The summed E-state index contributed by atoms with van der Waals surface area (Å²) in [7, 11) is 3.14. The fraction of sp³-hybridized carbons (Fsp3) is 0.550. The molecular formula is C80H134O18. The summed E-state index contributed by atoms with van der Waals surface area (Å²) in [6.45, 7) is 41.9. The standard InChI is InChI=1S/C22H28O6.C13H18O3.C10H20O.C7H14O3.C6H12O.C6H10.C5H10O2.C4H8O.C4H8.C3H6O/c1-24-21-20(27-15-17-11-7-4-8-12-17)19(18(13-23)28-22(21)25-2)26-14-16-9-5-3-6-10-16;1-2-8-15-11-13(9-14)16-10-12-6-4-3-5-7-12;1-2-3-4-5-6-7-8-9-10-11;1-2-4-9-6-7-10-5-3-8;1-2-3-4-5-6-7;1-5-3-6(2)4-5;1-2-4-7-5-3-6;1-2-3-4-5;1-3-4-2;1-2-3-4/h3-12,18-23H,13-15H2,1-2H3;2-7,13-14H,1,8-11H2;2,11H,1,3-10H2;2,8H,1,3-7H2;2,7H,1,3-6H2;6H,1,3-4H2,2H3;2,6H,1,3-5H2;2,5H,1,3-4H2;3H,1,4H2,2H3;2,4H,1,3H2/t18-,19-,20+,21+,22+;;;;;;;;;/m1........./s1. The molecule has 5 rings (SSSR count). The molecule has 18 nitrogen and oxygen atoms in total. The van der Waals surface area contributed by atoms with Crippen molar-refractivity contribution in [1.82, 2.24) is 0 Å². The zero-order chi connectivity index (χ0) is 74.0. The average Bonchev–Trinajstić information content (AvgIpc) is 0.797. The normalized spacial score (nSPS) is 15.6. The molecule has 562 valence electrons. The number of aliphatic hydroxyl groups excluding tert-OH is 8. The van der Waals surface area contributed by atoms with Crippen LogP contribution in [0, 0.1) is 5.92 Å². The van der Waals surface area contributed by atoms with Crippen LogP contribution >= 0.6 is 0 Å². The second-order valence-corrected chi connectivity index (χ2v) is 21.6. The number of aliphatic hydroxyl groups is 8. The lowest BCUT2D eigenvalue weighted by atomic mass is 9.83. The van der Waals surface area contributed by atoms with Crippen LogP contribution in [0.5, 0.6) is 0 Å². The van der Waals surface area contributed by atoms with Crippen molar-refractivity contribution in [2.75, 3.05) is 120 Å². The molecule has 2 aliphatic rings. The summed E-state index contributed by atoms with van der Waals surface area (Å²) in [5, 5.41) is 67.9. The van der Waals surface area contributed by atoms with Gasteiger partial charge in [-0.05, 0) is 86.8 Å². The minimum absolute atomic E-state index is 0.0377. The van der Waals surface area contributed by atoms with E-state index in [0.29, 0.717) is 92.3 Å². The molecule has 0 amide bonds. The molecule has 1 saturated heterocycles. The van der Waals surface area contributed by atoms with E-state index < -0.39 is 30.7 Å². The molecule has 1 unspecified atom stereocenters. The quantitative estimate of drug-likeness (QED) is 0.0193. The Hall–Kier alpha value is -5.40. The lowest BCUT2D eigenvalue weighted by molar-refractivity contribution is -0.315. The Labute approximate surface area is 592 Å². The van der Waals surface area contributed by atoms with E-state index in [-0.39, 0.29) is 45.7 Å². The van der Waals surface area contributed by atoms with E-state index >= 15 is 0 Å². The monoisotopic (exact) mass is 1380 g/mol. The molecule has 3 aromatic rings. The Morgan fingerprint density at radius 2 is 0.878 bits per heavy atom. The zero-order valence-corrected chi connectivity index (χ0v) is 60.7. The Morgan fingerprint density at radius 1 is 0.459 bits per heavy atom. The summed E-state index contributed by atoms with van der Waals surface area (Å²) in [5.74, 6) is 0.942. The van der Waals surface area contributed by atoms with Gasteiger partial charge in [0.1, 0.15) is 30.5 Å². The Bertz CT molecular complexity index is 2100. The highest BCUT2D eigenvalue weighted by atomic mass is 16.7. The summed E-state index contributed by atoms with van der Waals surface area (Å²) >= 11 is 0. The molecule has 1 saturated carbocycles. The van der Waals surface area contributed by atoms with Crippen LogP contribution in [-0.4, -0.2) is 198 Å². The summed E-state index contributed by atoms with van der Waals surface area (Å²) < 4.78 is 54.7. The van der Waals surface area contributed by atoms with Crippen LogP contribution in [0.4, 0.5) is 0 Å². The highest BCUT2D eigenvalue weighted by Crippen LogP contribution is 2.31. The molecule has 6 atom stereocenters. The van der Waals surface area contributed by atoms with Gasteiger partial charge in [-0.3, -0.25) is 0 Å². The third kappa shape index (κ3) is 70.5. The van der Waals surface area contributed by atoms with E-state index in [0.717, 1.165) is 61.1 Å². The van der Waals surface area contributed by atoms with Crippen molar-refractivity contribution in [1.29, 1.82) is 0 Å². The fourth-order valence-corrected chi connectivity index (χ4v) is 7.82. The third-order valence-corrected chi connectivity index (χ3v) is 12.9. The summed E-state index contributed by atoms with van der Waals surface area (Å²) in [5.41, 5.74) is 4.59. The molecule has 2 fully saturated rings. The summed E-state index contributed by atoms with van der Waals surface area (Å²) in [4.78, 5) is 0. The van der Waals surface area contributed by atoms with Crippen LogP contribution < -0.4 is 0 Å². The van der Waals surface area contributed by atoms with Crippen LogP contribution in [0.3, 0.4) is 0 Å². The van der Waals surface area contributed by atoms with E-state index in [1.165, 1.54) is 56.6 Å². The fourth-order valence-electron chi connectivity index (χ4n) is 7.82. The Kier molecular flexibility index (Phi) is 88.7. The topological polar surface area (TPSA) is 254 Å². The minimum atomic E-state index is -0.653. The minimum Gasteiger partial charge on any atom is -0.396 e. The van der Waals surface area contributed by atoms with Gasteiger partial charge < -0.3 is 88.2 Å². The number of methoxy groups -OCH3 is 2. The van der Waals surface area contributed by atoms with Gasteiger partial charge in [0, 0.05) is 34.0 Å². The van der Waals surface area contributed by atoms with E-state index in [9.17, 15) is 5.11 Å². The maximum absolute atomic E-state index is 9.88. The van der Waals surface area contributed by atoms with Crippen molar-refractivity contribution < 1.29 is 88.2 Å². The number of hydrogen-bond donors (Lipinski definition) is 8. The molecule has 8 N–H and O–H groups in total. The number of ether oxygens (including phenoxy) is 10. The first-order valence-electron chi connectivity index (χ1n) is 34.2. The third-order valence-electron chi connectivity index (χ3n) is 12.9. The van der Waals surface area contributed by atoms with Gasteiger partial charge in [-0.1, -0.05) is 191 Å². The summed E-state index contributed by atoms with van der Waals surface area (Å²) in [6.07, 6.45) is 26.7. The maximum Gasteiger partial charge on any atom is 0.186 e. The lowest BCUT2D eigenvalue weighted by Crippen LogP contribution is -2.61. The van der Waals surface area contributed by atoms with Crippen molar-refractivity contribution in [3.05, 3.63) is 221 Å². The molecule has 0 radical (unpaired) electrons. The number of hydrogen-bond acceptors (Lipinski definition) is 18. The molecule has 1 aliphatic carbocycles. The molecule has 0 spiro atoms. The largest absolute Gasteiger partial charge is 0.396 e. The van der Waals surface area contributed by atoms with Crippen molar-refractivity contribution in [3.8, 4) is 0 Å². The predicted molar refractivity (Wildman–Crippen MR) is 402 cm³/mol. The molecule has 1 heterocycles. The predicted octanol–water partition coefficient (Wildman–Crippen LogP) is 13.2. The number of rotatable bonds is 44. The molecule has 18 heteroatoms. The Morgan fingerprint density at radius 3 is 1.24 bits per heavy atom. The summed E-state index contributed by atoms with van der Waals surface area (Å²) in [6, 6.07) is 29.6. The maximum atomic E-state index is 9.88. The van der Waals surface area contributed by atoms with Crippen LogP contribution in [0.15, 0.2) is 204 Å². The van der Waals surface area contributed by atoms with Crippen molar-refractivity contribution in [3.63, 3.8) is 0 Å². The zero-order valence-electron chi connectivity index (χ0n) is 60.7. The van der Waals surface area contributed by atoms with Crippen molar-refractivity contribution in [2.24, 2.45) is 5.92 Å². The van der Waals surface area contributed by atoms with Crippen molar-refractivity contribution >= 4 is 0 Å². The molecule has 0 bridgehead atoms. The van der Waals surface area contributed by atoms with Crippen LogP contribution in [-0.2, 0) is 67.2 Å². The van der Waals surface area contributed by atoms with Gasteiger partial charge in [0.15, 0.2) is 6.29 Å². The highest BCUT2D eigenvalue weighted by Gasteiger charge is 2.48. The molecule has 3 aromatic carbocycles. The van der Waals surface area contributed by atoms with Crippen LogP contribution in [0.25, 0.3) is 0 Å². The van der Waals surface area contributed by atoms with Crippen molar-refractivity contribution in [2.45, 2.75) is 160 Å². The Balaban J connectivity index is -0.000000355.